The minimum Gasteiger partial charge on any atom is -0.258 e. The number of rotatable bonds is 1. The summed E-state index contributed by atoms with van der Waals surface area (Å²) in [5.41, 5.74) is 0.726. The molecule has 0 fully saturated rings. The summed E-state index contributed by atoms with van der Waals surface area (Å²) in [6.45, 7) is 1.88. The van der Waals surface area contributed by atoms with Gasteiger partial charge in [0.1, 0.15) is 9.99 Å². The summed E-state index contributed by atoms with van der Waals surface area (Å²) in [5.74, 6) is 0. The lowest BCUT2D eigenvalue weighted by Crippen LogP contribution is -1.89. The van der Waals surface area contributed by atoms with E-state index in [4.69, 9.17) is 0 Å². The second kappa shape index (κ2) is 3.29. The molecule has 0 aliphatic heterocycles. The van der Waals surface area contributed by atoms with E-state index in [9.17, 15) is 10.1 Å². The van der Waals surface area contributed by atoms with Crippen LogP contribution in [-0.4, -0.2) is 9.91 Å². The minimum atomic E-state index is -0.418. The van der Waals surface area contributed by atoms with Gasteiger partial charge in [0.2, 0.25) is 0 Å². The van der Waals surface area contributed by atoms with Gasteiger partial charge in [0.25, 0.3) is 5.69 Å². The van der Waals surface area contributed by atoms with Crippen LogP contribution in [0.4, 0.5) is 5.69 Å². The van der Waals surface area contributed by atoms with E-state index >= 15 is 0 Å². The molecule has 0 bridgehead atoms. The predicted octanol–water partition coefficient (Wildman–Crippen LogP) is 3.28. The molecule has 72 valence electrons. The van der Waals surface area contributed by atoms with Gasteiger partial charge in [0, 0.05) is 6.07 Å². The van der Waals surface area contributed by atoms with E-state index in [1.165, 1.54) is 17.4 Å². The molecule has 0 aliphatic carbocycles. The van der Waals surface area contributed by atoms with Crippen LogP contribution in [0.25, 0.3) is 10.2 Å². The summed E-state index contributed by atoms with van der Waals surface area (Å²) in [4.78, 5) is 14.4. The molecule has 2 rings (SSSR count). The summed E-state index contributed by atoms with van der Waals surface area (Å²) < 4.78 is 1.42. The van der Waals surface area contributed by atoms with Crippen molar-refractivity contribution in [3.8, 4) is 0 Å². The van der Waals surface area contributed by atoms with E-state index < -0.39 is 4.92 Å². The fourth-order valence-electron chi connectivity index (χ4n) is 1.20. The Bertz CT molecular complexity index is 523. The van der Waals surface area contributed by atoms with Gasteiger partial charge in [-0.15, -0.1) is 11.3 Å². The van der Waals surface area contributed by atoms with Crippen molar-refractivity contribution in [2.75, 3.05) is 0 Å². The number of hydrogen-bond donors (Lipinski definition) is 0. The maximum Gasteiger partial charge on any atom is 0.285 e. The van der Waals surface area contributed by atoms with E-state index in [1.54, 1.807) is 6.07 Å². The van der Waals surface area contributed by atoms with Crippen molar-refractivity contribution in [3.05, 3.63) is 31.7 Å². The Morgan fingerprint density at radius 3 is 2.93 bits per heavy atom. The third-order valence-electron chi connectivity index (χ3n) is 1.78. The molecular formula is C8H5BrN2O2S. The summed E-state index contributed by atoms with van der Waals surface area (Å²) in [6, 6.07) is 3.22. The van der Waals surface area contributed by atoms with Crippen molar-refractivity contribution >= 4 is 43.2 Å². The van der Waals surface area contributed by atoms with Crippen LogP contribution in [0.2, 0.25) is 0 Å². The Kier molecular flexibility index (Phi) is 2.24. The van der Waals surface area contributed by atoms with Gasteiger partial charge in [-0.25, -0.2) is 4.98 Å². The van der Waals surface area contributed by atoms with Crippen molar-refractivity contribution in [2.45, 2.75) is 6.92 Å². The molecule has 4 nitrogen and oxygen atoms in total. The Morgan fingerprint density at radius 1 is 1.57 bits per heavy atom. The quantitative estimate of drug-likeness (QED) is 0.591. The normalized spacial score (nSPS) is 10.7. The zero-order valence-electron chi connectivity index (χ0n) is 7.15. The fourth-order valence-corrected chi connectivity index (χ4v) is 2.75. The van der Waals surface area contributed by atoms with Gasteiger partial charge in [-0.05, 0) is 28.9 Å². The molecule has 0 amide bonds. The minimum absolute atomic E-state index is 0.0581. The topological polar surface area (TPSA) is 56.0 Å². The van der Waals surface area contributed by atoms with Crippen molar-refractivity contribution in [1.82, 2.24) is 4.98 Å². The molecule has 0 atom stereocenters. The van der Waals surface area contributed by atoms with Gasteiger partial charge >= 0.3 is 0 Å². The number of aryl methyl sites for hydroxylation is 1. The van der Waals surface area contributed by atoms with Crippen LogP contribution in [0.5, 0.6) is 0 Å². The van der Waals surface area contributed by atoms with Crippen LogP contribution in [0, 0.1) is 17.0 Å². The Morgan fingerprint density at radius 2 is 2.29 bits per heavy atom. The lowest BCUT2D eigenvalue weighted by molar-refractivity contribution is -0.385. The molecule has 0 saturated heterocycles. The van der Waals surface area contributed by atoms with Crippen LogP contribution in [0.3, 0.4) is 0 Å². The molecular weight excluding hydrogens is 268 g/mol. The zero-order chi connectivity index (χ0) is 10.3. The number of nitro groups is 1. The van der Waals surface area contributed by atoms with Gasteiger partial charge < -0.3 is 0 Å². The molecule has 0 N–H and O–H groups in total. The van der Waals surface area contributed by atoms with Crippen molar-refractivity contribution in [2.24, 2.45) is 0 Å². The monoisotopic (exact) mass is 272 g/mol. The number of hydrogen-bond acceptors (Lipinski definition) is 4. The molecule has 0 radical (unpaired) electrons. The number of benzene rings is 1. The highest BCUT2D eigenvalue weighted by molar-refractivity contribution is 9.10. The van der Waals surface area contributed by atoms with Gasteiger partial charge in [0.05, 0.1) is 14.6 Å². The standard InChI is InChI=1S/C8H5BrN2O2S/c1-4-10-8-6(14-4)3-2-5(7(8)9)11(12)13/h2-3H,1H3. The summed E-state index contributed by atoms with van der Waals surface area (Å²) in [5, 5.41) is 11.5. The van der Waals surface area contributed by atoms with Crippen LogP contribution in [0.15, 0.2) is 16.6 Å². The predicted molar refractivity (Wildman–Crippen MR) is 58.7 cm³/mol. The lowest BCUT2D eigenvalue weighted by Gasteiger charge is -1.94. The van der Waals surface area contributed by atoms with Crippen LogP contribution >= 0.6 is 27.3 Å². The molecule has 2 aromatic rings. The SMILES string of the molecule is Cc1nc2c(Br)c([N+](=O)[O-])ccc2s1. The molecule has 1 aromatic carbocycles. The third-order valence-corrected chi connectivity index (χ3v) is 3.50. The largest absolute Gasteiger partial charge is 0.285 e. The van der Waals surface area contributed by atoms with Crippen LogP contribution in [-0.2, 0) is 0 Å². The molecule has 0 aliphatic rings. The lowest BCUT2D eigenvalue weighted by atomic mass is 10.3. The van der Waals surface area contributed by atoms with Crippen molar-refractivity contribution in [3.63, 3.8) is 0 Å². The first-order chi connectivity index (χ1) is 6.59. The number of thiazole rings is 1. The maximum atomic E-state index is 10.6. The first-order valence-electron chi connectivity index (χ1n) is 3.79. The van der Waals surface area contributed by atoms with Gasteiger partial charge in [-0.1, -0.05) is 0 Å². The van der Waals surface area contributed by atoms with Crippen molar-refractivity contribution in [1.29, 1.82) is 0 Å². The van der Waals surface area contributed by atoms with Crippen molar-refractivity contribution < 1.29 is 4.92 Å². The summed E-state index contributed by atoms with van der Waals surface area (Å²) in [7, 11) is 0. The molecule has 6 heteroatoms. The molecule has 1 aromatic heterocycles. The Hall–Kier alpha value is -1.01. The third kappa shape index (κ3) is 1.40. The molecule has 0 unspecified atom stereocenters. The number of nitro benzene ring substituents is 1. The number of halogens is 1. The van der Waals surface area contributed by atoms with E-state index in [1.807, 2.05) is 6.92 Å². The first kappa shape index (κ1) is 9.54. The summed E-state index contributed by atoms with van der Waals surface area (Å²) in [6.07, 6.45) is 0. The average molecular weight is 273 g/mol. The number of fused-ring (bicyclic) bond motifs is 1. The highest BCUT2D eigenvalue weighted by Gasteiger charge is 2.16. The second-order valence-corrected chi connectivity index (χ2v) is 4.76. The van der Waals surface area contributed by atoms with Gasteiger partial charge in [-0.3, -0.25) is 10.1 Å². The average Bonchev–Trinajstić information content (AvgIpc) is 2.46. The smallest absolute Gasteiger partial charge is 0.258 e. The summed E-state index contributed by atoms with van der Waals surface area (Å²) >= 11 is 4.72. The zero-order valence-corrected chi connectivity index (χ0v) is 9.55. The van der Waals surface area contributed by atoms with E-state index in [0.717, 1.165) is 9.71 Å². The van der Waals surface area contributed by atoms with E-state index in [2.05, 4.69) is 20.9 Å². The van der Waals surface area contributed by atoms with Crippen LogP contribution < -0.4 is 0 Å². The maximum absolute atomic E-state index is 10.6. The molecule has 0 spiro atoms. The van der Waals surface area contributed by atoms with E-state index in [-0.39, 0.29) is 5.69 Å². The fraction of sp³-hybridized carbons (Fsp3) is 0.125. The van der Waals surface area contributed by atoms with Crippen LogP contribution in [0.1, 0.15) is 5.01 Å². The Labute approximate surface area is 91.9 Å². The Balaban J connectivity index is 2.80. The highest BCUT2D eigenvalue weighted by Crippen LogP contribution is 2.34. The van der Waals surface area contributed by atoms with Gasteiger partial charge in [0.15, 0.2) is 0 Å². The number of nitrogens with zero attached hydrogens (tertiary/aromatic N) is 2. The van der Waals surface area contributed by atoms with E-state index in [0.29, 0.717) is 9.99 Å². The highest BCUT2D eigenvalue weighted by atomic mass is 79.9. The molecule has 1 heterocycles. The second-order valence-electron chi connectivity index (χ2n) is 2.74. The molecule has 14 heavy (non-hydrogen) atoms. The number of aromatic nitrogens is 1. The first-order valence-corrected chi connectivity index (χ1v) is 5.40. The molecule has 0 saturated carbocycles. The van der Waals surface area contributed by atoms with Gasteiger partial charge in [-0.2, -0.15) is 0 Å².